The number of methoxy groups -OCH3 is 1. The Balaban J connectivity index is 2.32. The Hall–Kier alpha value is -1.63. The first-order valence-electron chi connectivity index (χ1n) is 6.71. The number of sulfonamides is 1. The summed E-state index contributed by atoms with van der Waals surface area (Å²) < 4.78 is 32.6. The smallest absolute Gasteiger partial charge is 0.241 e. The molecule has 0 spiro atoms. The molecule has 2 aromatic rings. The number of nitrogens with two attached hydrogens (primary N) is 1. The Kier molecular flexibility index (Phi) is 4.82. The van der Waals surface area contributed by atoms with E-state index in [2.05, 4.69) is 4.72 Å². The SMILES string of the molecule is COCC(C)CNS(=O)(=O)c1cccc2cc(N)ccc12. The minimum Gasteiger partial charge on any atom is -0.399 e. The van der Waals surface area contributed by atoms with E-state index in [1.807, 2.05) is 13.0 Å². The Bertz CT molecular complexity index is 729. The molecule has 0 amide bonds. The fourth-order valence-corrected chi connectivity index (χ4v) is 3.57. The third-order valence-electron chi connectivity index (χ3n) is 3.23. The maximum absolute atomic E-state index is 12.5. The molecule has 3 N–H and O–H groups in total. The van der Waals surface area contributed by atoms with Gasteiger partial charge in [0.15, 0.2) is 0 Å². The number of fused-ring (bicyclic) bond motifs is 1. The molecule has 2 rings (SSSR count). The summed E-state index contributed by atoms with van der Waals surface area (Å²) in [4.78, 5) is 0.268. The van der Waals surface area contributed by atoms with Crippen molar-refractivity contribution in [3.63, 3.8) is 0 Å². The van der Waals surface area contributed by atoms with Gasteiger partial charge in [-0.3, -0.25) is 0 Å². The number of hydrogen-bond acceptors (Lipinski definition) is 4. The van der Waals surface area contributed by atoms with Crippen molar-refractivity contribution in [3.8, 4) is 0 Å². The summed E-state index contributed by atoms with van der Waals surface area (Å²) in [6.45, 7) is 2.77. The van der Waals surface area contributed by atoms with Crippen molar-refractivity contribution in [2.45, 2.75) is 11.8 Å². The standard InChI is InChI=1S/C15H20N2O3S/c1-11(10-20-2)9-17-21(18,19)15-5-3-4-12-8-13(16)6-7-14(12)15/h3-8,11,17H,9-10,16H2,1-2H3. The van der Waals surface area contributed by atoms with E-state index in [4.69, 9.17) is 10.5 Å². The van der Waals surface area contributed by atoms with E-state index in [9.17, 15) is 8.42 Å². The Labute approximate surface area is 125 Å². The Morgan fingerprint density at radius 3 is 2.76 bits per heavy atom. The molecule has 21 heavy (non-hydrogen) atoms. The maximum atomic E-state index is 12.5. The second-order valence-electron chi connectivity index (χ2n) is 5.15. The largest absolute Gasteiger partial charge is 0.399 e. The van der Waals surface area contributed by atoms with Crippen LogP contribution in [0.15, 0.2) is 41.3 Å². The molecule has 1 atom stereocenters. The van der Waals surface area contributed by atoms with Gasteiger partial charge in [-0.05, 0) is 29.5 Å². The first-order chi connectivity index (χ1) is 9.94. The predicted molar refractivity (Wildman–Crippen MR) is 84.6 cm³/mol. The third-order valence-corrected chi connectivity index (χ3v) is 4.71. The van der Waals surface area contributed by atoms with Crippen molar-refractivity contribution in [3.05, 3.63) is 36.4 Å². The Morgan fingerprint density at radius 2 is 2.05 bits per heavy atom. The third kappa shape index (κ3) is 3.72. The van der Waals surface area contributed by atoms with Gasteiger partial charge in [-0.2, -0.15) is 0 Å². The molecule has 6 heteroatoms. The molecule has 0 radical (unpaired) electrons. The minimum atomic E-state index is -3.56. The van der Waals surface area contributed by atoms with Crippen LogP contribution >= 0.6 is 0 Å². The lowest BCUT2D eigenvalue weighted by molar-refractivity contribution is 0.161. The molecule has 0 fully saturated rings. The zero-order valence-electron chi connectivity index (χ0n) is 12.2. The van der Waals surface area contributed by atoms with E-state index < -0.39 is 10.0 Å². The van der Waals surface area contributed by atoms with Crippen LogP contribution in [0.2, 0.25) is 0 Å². The average Bonchev–Trinajstić information content (AvgIpc) is 2.44. The zero-order valence-corrected chi connectivity index (χ0v) is 13.0. The molecule has 0 heterocycles. The van der Waals surface area contributed by atoms with Crippen molar-refractivity contribution in [2.75, 3.05) is 26.0 Å². The van der Waals surface area contributed by atoms with Gasteiger partial charge >= 0.3 is 0 Å². The van der Waals surface area contributed by atoms with Gasteiger partial charge in [0.1, 0.15) is 0 Å². The molecule has 0 aliphatic rings. The highest BCUT2D eigenvalue weighted by Crippen LogP contribution is 2.24. The van der Waals surface area contributed by atoms with Gasteiger partial charge in [0.25, 0.3) is 0 Å². The molecule has 114 valence electrons. The normalized spacial score (nSPS) is 13.4. The van der Waals surface area contributed by atoms with Crippen molar-refractivity contribution < 1.29 is 13.2 Å². The molecular weight excluding hydrogens is 288 g/mol. The summed E-state index contributed by atoms with van der Waals surface area (Å²) in [7, 11) is -1.96. The van der Waals surface area contributed by atoms with E-state index in [-0.39, 0.29) is 10.8 Å². The molecule has 0 saturated heterocycles. The first kappa shape index (κ1) is 15.8. The number of ether oxygens (including phenoxy) is 1. The highest BCUT2D eigenvalue weighted by molar-refractivity contribution is 7.89. The average molecular weight is 308 g/mol. The second-order valence-corrected chi connectivity index (χ2v) is 6.88. The number of anilines is 1. The molecule has 2 aromatic carbocycles. The molecule has 0 aromatic heterocycles. The van der Waals surface area contributed by atoms with E-state index >= 15 is 0 Å². The van der Waals surface area contributed by atoms with Gasteiger partial charge in [0, 0.05) is 31.3 Å². The van der Waals surface area contributed by atoms with Gasteiger partial charge in [-0.25, -0.2) is 13.1 Å². The fraction of sp³-hybridized carbons (Fsp3) is 0.333. The number of benzene rings is 2. The minimum absolute atomic E-state index is 0.107. The van der Waals surface area contributed by atoms with Crippen molar-refractivity contribution in [2.24, 2.45) is 5.92 Å². The van der Waals surface area contributed by atoms with Crippen LogP contribution in [-0.4, -0.2) is 28.7 Å². The molecule has 0 saturated carbocycles. The lowest BCUT2D eigenvalue weighted by Crippen LogP contribution is -2.30. The molecule has 0 aliphatic carbocycles. The highest BCUT2D eigenvalue weighted by atomic mass is 32.2. The number of rotatable bonds is 6. The van der Waals surface area contributed by atoms with E-state index in [0.29, 0.717) is 24.2 Å². The predicted octanol–water partition coefficient (Wildman–Crippen LogP) is 1.98. The summed E-state index contributed by atoms with van der Waals surface area (Å²) in [5.41, 5.74) is 6.35. The maximum Gasteiger partial charge on any atom is 0.241 e. The topological polar surface area (TPSA) is 81.4 Å². The first-order valence-corrected chi connectivity index (χ1v) is 8.19. The van der Waals surface area contributed by atoms with Crippen molar-refractivity contribution in [1.29, 1.82) is 0 Å². The summed E-state index contributed by atoms with van der Waals surface area (Å²) in [5, 5.41) is 1.47. The lowest BCUT2D eigenvalue weighted by atomic mass is 10.1. The summed E-state index contributed by atoms with van der Waals surface area (Å²) in [5.74, 6) is 0.107. The number of hydrogen-bond donors (Lipinski definition) is 2. The van der Waals surface area contributed by atoms with Crippen LogP contribution in [0.3, 0.4) is 0 Å². The molecule has 0 aliphatic heterocycles. The molecule has 0 bridgehead atoms. The summed E-state index contributed by atoms with van der Waals surface area (Å²) >= 11 is 0. The van der Waals surface area contributed by atoms with Gasteiger partial charge in [0.2, 0.25) is 10.0 Å². The monoisotopic (exact) mass is 308 g/mol. The number of nitrogen functional groups attached to an aromatic ring is 1. The number of nitrogens with one attached hydrogen (secondary N) is 1. The van der Waals surface area contributed by atoms with Gasteiger partial charge in [0.05, 0.1) is 4.90 Å². The second kappa shape index (κ2) is 6.43. The highest BCUT2D eigenvalue weighted by Gasteiger charge is 2.18. The van der Waals surface area contributed by atoms with Crippen LogP contribution in [-0.2, 0) is 14.8 Å². The van der Waals surface area contributed by atoms with Crippen LogP contribution in [0.25, 0.3) is 10.8 Å². The quantitative estimate of drug-likeness (QED) is 0.800. The van der Waals surface area contributed by atoms with E-state index in [1.165, 1.54) is 0 Å². The van der Waals surface area contributed by atoms with E-state index in [1.54, 1.807) is 37.4 Å². The van der Waals surface area contributed by atoms with Crippen molar-refractivity contribution in [1.82, 2.24) is 4.72 Å². The van der Waals surface area contributed by atoms with Crippen LogP contribution in [0.5, 0.6) is 0 Å². The van der Waals surface area contributed by atoms with E-state index in [0.717, 1.165) is 5.39 Å². The fourth-order valence-electron chi connectivity index (χ4n) is 2.18. The van der Waals surface area contributed by atoms with Crippen LogP contribution < -0.4 is 10.5 Å². The molecule has 1 unspecified atom stereocenters. The summed E-state index contributed by atoms with van der Waals surface area (Å²) in [6.07, 6.45) is 0. The van der Waals surface area contributed by atoms with Crippen LogP contribution in [0, 0.1) is 5.92 Å². The summed E-state index contributed by atoms with van der Waals surface area (Å²) in [6, 6.07) is 10.4. The van der Waals surface area contributed by atoms with Crippen molar-refractivity contribution >= 4 is 26.5 Å². The van der Waals surface area contributed by atoms with Crippen LogP contribution in [0.4, 0.5) is 5.69 Å². The molecular formula is C15H20N2O3S. The van der Waals surface area contributed by atoms with Gasteiger partial charge < -0.3 is 10.5 Å². The molecule has 5 nitrogen and oxygen atoms in total. The van der Waals surface area contributed by atoms with Crippen LogP contribution in [0.1, 0.15) is 6.92 Å². The zero-order chi connectivity index (χ0) is 15.5. The van der Waals surface area contributed by atoms with Gasteiger partial charge in [-0.1, -0.05) is 25.1 Å². The van der Waals surface area contributed by atoms with Gasteiger partial charge in [-0.15, -0.1) is 0 Å². The lowest BCUT2D eigenvalue weighted by Gasteiger charge is -2.13. The Morgan fingerprint density at radius 1 is 1.29 bits per heavy atom.